The van der Waals surface area contributed by atoms with Gasteiger partial charge in [0.2, 0.25) is 0 Å². The molecular formula is C13H15NO4. The summed E-state index contributed by atoms with van der Waals surface area (Å²) in [4.78, 5) is 22.6. The molecule has 0 unspecified atom stereocenters. The van der Waals surface area contributed by atoms with E-state index in [4.69, 9.17) is 10.2 Å². The Bertz CT molecular complexity index is 505. The molecule has 3 N–H and O–H groups in total. The molecule has 0 heterocycles. The Hall–Kier alpha value is -2.14. The normalized spacial score (nSPS) is 11.7. The van der Waals surface area contributed by atoms with Gasteiger partial charge < -0.3 is 15.5 Å². The molecule has 0 spiro atoms. The van der Waals surface area contributed by atoms with Crippen LogP contribution in [0.4, 0.5) is 5.69 Å². The molecule has 0 aliphatic carbocycles. The Morgan fingerprint density at radius 1 is 1.17 bits per heavy atom. The molecule has 96 valence electrons. The van der Waals surface area contributed by atoms with E-state index in [-0.39, 0.29) is 17.8 Å². The van der Waals surface area contributed by atoms with Gasteiger partial charge in [-0.25, -0.2) is 4.79 Å². The Kier molecular flexibility index (Phi) is 4.62. The summed E-state index contributed by atoms with van der Waals surface area (Å²) in [6, 6.07) is 6.79. The summed E-state index contributed by atoms with van der Waals surface area (Å²) in [5, 5.41) is 20.5. The molecule has 5 nitrogen and oxygen atoms in total. The van der Waals surface area contributed by atoms with Crippen LogP contribution in [0.2, 0.25) is 0 Å². The van der Waals surface area contributed by atoms with Crippen molar-refractivity contribution in [2.75, 3.05) is 5.32 Å². The monoisotopic (exact) mass is 249 g/mol. The Balaban J connectivity index is 2.95. The maximum atomic E-state index is 11.8. The topological polar surface area (TPSA) is 86.6 Å². The highest BCUT2D eigenvalue weighted by atomic mass is 16.4. The van der Waals surface area contributed by atoms with E-state index in [1.165, 1.54) is 13.8 Å². The lowest BCUT2D eigenvalue weighted by molar-refractivity contribution is -0.133. The fourth-order valence-electron chi connectivity index (χ4n) is 1.33. The van der Waals surface area contributed by atoms with Crippen LogP contribution in [0.3, 0.4) is 0 Å². The third-order valence-corrected chi connectivity index (χ3v) is 2.66. The second-order valence-electron chi connectivity index (χ2n) is 3.82. The Morgan fingerprint density at radius 2 is 1.78 bits per heavy atom. The zero-order valence-corrected chi connectivity index (χ0v) is 10.2. The van der Waals surface area contributed by atoms with Crippen LogP contribution in [-0.4, -0.2) is 22.1 Å². The third kappa shape index (κ3) is 3.18. The molecule has 0 bridgehead atoms. The van der Waals surface area contributed by atoms with Crippen LogP contribution in [-0.2, 0) is 16.2 Å². The van der Waals surface area contributed by atoms with Crippen LogP contribution in [0.25, 0.3) is 0 Å². The number of carboxylic acids is 1. The van der Waals surface area contributed by atoms with E-state index in [1.807, 2.05) is 0 Å². The van der Waals surface area contributed by atoms with Gasteiger partial charge in [0.15, 0.2) is 0 Å². The van der Waals surface area contributed by atoms with Gasteiger partial charge in [-0.1, -0.05) is 18.2 Å². The molecule has 0 saturated carbocycles. The summed E-state index contributed by atoms with van der Waals surface area (Å²) in [6.45, 7) is 2.62. The smallest absolute Gasteiger partial charge is 0.331 e. The van der Waals surface area contributed by atoms with E-state index < -0.39 is 11.9 Å². The minimum absolute atomic E-state index is 0.00557. The van der Waals surface area contributed by atoms with E-state index in [1.54, 1.807) is 24.3 Å². The Labute approximate surface area is 105 Å². The number of para-hydroxylation sites is 1. The lowest BCUT2D eigenvalue weighted by atomic mass is 10.1. The van der Waals surface area contributed by atoms with Crippen molar-refractivity contribution in [2.45, 2.75) is 20.5 Å². The van der Waals surface area contributed by atoms with Crippen molar-refractivity contribution in [3.05, 3.63) is 41.0 Å². The quantitative estimate of drug-likeness (QED) is 0.706. The van der Waals surface area contributed by atoms with Gasteiger partial charge in [-0.15, -0.1) is 0 Å². The molecule has 0 aromatic heterocycles. The van der Waals surface area contributed by atoms with Crippen LogP contribution < -0.4 is 5.32 Å². The van der Waals surface area contributed by atoms with Crippen molar-refractivity contribution in [3.63, 3.8) is 0 Å². The van der Waals surface area contributed by atoms with Crippen LogP contribution in [0.15, 0.2) is 35.4 Å². The van der Waals surface area contributed by atoms with Crippen molar-refractivity contribution in [2.24, 2.45) is 0 Å². The number of hydrogen-bond donors (Lipinski definition) is 3. The summed E-state index contributed by atoms with van der Waals surface area (Å²) in [7, 11) is 0. The molecular weight excluding hydrogens is 234 g/mol. The molecule has 5 heteroatoms. The highest BCUT2D eigenvalue weighted by Gasteiger charge is 2.13. The predicted molar refractivity (Wildman–Crippen MR) is 67.0 cm³/mol. The first-order valence-electron chi connectivity index (χ1n) is 5.38. The number of aliphatic hydroxyl groups is 1. The lowest BCUT2D eigenvalue weighted by Crippen LogP contribution is -2.17. The number of anilines is 1. The van der Waals surface area contributed by atoms with E-state index in [2.05, 4.69) is 5.32 Å². The average Bonchev–Trinajstić information content (AvgIpc) is 2.37. The molecule has 1 aromatic carbocycles. The molecule has 0 radical (unpaired) electrons. The van der Waals surface area contributed by atoms with Crippen molar-refractivity contribution < 1.29 is 19.8 Å². The SMILES string of the molecule is CC(C(=O)O)=C(C)C(=O)Nc1ccccc1CO. The summed E-state index contributed by atoms with van der Waals surface area (Å²) in [5.41, 5.74) is 1.18. The predicted octanol–water partition coefficient (Wildman–Crippen LogP) is 1.54. The van der Waals surface area contributed by atoms with E-state index in [0.29, 0.717) is 11.3 Å². The maximum Gasteiger partial charge on any atom is 0.331 e. The van der Waals surface area contributed by atoms with Crippen molar-refractivity contribution >= 4 is 17.6 Å². The average molecular weight is 249 g/mol. The van der Waals surface area contributed by atoms with Gasteiger partial charge in [0.1, 0.15) is 0 Å². The zero-order valence-electron chi connectivity index (χ0n) is 10.2. The molecule has 1 amide bonds. The van der Waals surface area contributed by atoms with Crippen molar-refractivity contribution in [1.29, 1.82) is 0 Å². The molecule has 0 aliphatic heterocycles. The fraction of sp³-hybridized carbons (Fsp3) is 0.231. The molecule has 0 aliphatic rings. The lowest BCUT2D eigenvalue weighted by Gasteiger charge is -2.10. The van der Waals surface area contributed by atoms with Gasteiger partial charge in [0.25, 0.3) is 5.91 Å². The van der Waals surface area contributed by atoms with Gasteiger partial charge in [-0.2, -0.15) is 0 Å². The largest absolute Gasteiger partial charge is 0.478 e. The van der Waals surface area contributed by atoms with Crippen LogP contribution in [0.1, 0.15) is 19.4 Å². The van der Waals surface area contributed by atoms with Gasteiger partial charge in [-0.3, -0.25) is 4.79 Å². The van der Waals surface area contributed by atoms with Gasteiger partial charge >= 0.3 is 5.97 Å². The summed E-state index contributed by atoms with van der Waals surface area (Å²) in [5.74, 6) is -1.62. The van der Waals surface area contributed by atoms with Crippen LogP contribution in [0, 0.1) is 0 Å². The Morgan fingerprint density at radius 3 is 2.33 bits per heavy atom. The molecule has 1 rings (SSSR count). The van der Waals surface area contributed by atoms with Gasteiger partial charge in [-0.05, 0) is 19.9 Å². The fourth-order valence-corrected chi connectivity index (χ4v) is 1.33. The molecule has 0 atom stereocenters. The molecule has 18 heavy (non-hydrogen) atoms. The van der Waals surface area contributed by atoms with Crippen molar-refractivity contribution in [1.82, 2.24) is 0 Å². The van der Waals surface area contributed by atoms with Crippen molar-refractivity contribution in [3.8, 4) is 0 Å². The molecule has 0 saturated heterocycles. The van der Waals surface area contributed by atoms with Crippen LogP contribution in [0.5, 0.6) is 0 Å². The number of carbonyl (C=O) groups excluding carboxylic acids is 1. The number of rotatable bonds is 4. The van der Waals surface area contributed by atoms with Crippen LogP contribution >= 0.6 is 0 Å². The standard InChI is InChI=1S/C13H15NO4/c1-8(9(2)13(17)18)12(16)14-11-6-4-3-5-10(11)7-15/h3-6,15H,7H2,1-2H3,(H,14,16)(H,17,18). The minimum Gasteiger partial charge on any atom is -0.478 e. The van der Waals surface area contributed by atoms with Gasteiger partial charge in [0.05, 0.1) is 6.61 Å². The zero-order chi connectivity index (χ0) is 13.7. The summed E-state index contributed by atoms with van der Waals surface area (Å²) < 4.78 is 0. The number of carboxylic acid groups (broad SMARTS) is 1. The van der Waals surface area contributed by atoms with E-state index in [0.717, 1.165) is 0 Å². The highest BCUT2D eigenvalue weighted by Crippen LogP contribution is 2.16. The van der Waals surface area contributed by atoms with E-state index in [9.17, 15) is 9.59 Å². The first-order valence-corrected chi connectivity index (χ1v) is 5.38. The summed E-state index contributed by atoms with van der Waals surface area (Å²) in [6.07, 6.45) is 0. The third-order valence-electron chi connectivity index (χ3n) is 2.66. The molecule has 0 fully saturated rings. The van der Waals surface area contributed by atoms with Gasteiger partial charge in [0, 0.05) is 22.4 Å². The molecule has 1 aromatic rings. The second kappa shape index (κ2) is 5.97. The first kappa shape index (κ1) is 13.9. The number of aliphatic carboxylic acids is 1. The number of hydrogen-bond acceptors (Lipinski definition) is 3. The first-order chi connectivity index (χ1) is 8.47. The maximum absolute atomic E-state index is 11.8. The number of nitrogens with one attached hydrogen (secondary N) is 1. The number of amides is 1. The highest BCUT2D eigenvalue weighted by molar-refractivity contribution is 6.08. The second-order valence-corrected chi connectivity index (χ2v) is 3.82. The number of benzene rings is 1. The minimum atomic E-state index is -1.13. The van der Waals surface area contributed by atoms with E-state index >= 15 is 0 Å². The number of carbonyl (C=O) groups is 2. The number of aliphatic hydroxyl groups excluding tert-OH is 1. The summed E-state index contributed by atoms with van der Waals surface area (Å²) >= 11 is 0.